The van der Waals surface area contributed by atoms with Gasteiger partial charge in [-0.2, -0.15) is 0 Å². The quantitative estimate of drug-likeness (QED) is 0.908. The van der Waals surface area contributed by atoms with E-state index in [1.54, 1.807) is 6.20 Å². The van der Waals surface area contributed by atoms with Crippen LogP contribution in [0.5, 0.6) is 5.75 Å². The van der Waals surface area contributed by atoms with Crippen LogP contribution in [0.3, 0.4) is 0 Å². The van der Waals surface area contributed by atoms with Crippen LogP contribution in [-0.2, 0) is 0 Å². The number of pyridine rings is 1. The van der Waals surface area contributed by atoms with Crippen LogP contribution in [0.2, 0.25) is 0 Å². The topological polar surface area (TPSA) is 37.4 Å². The molecule has 1 N–H and O–H groups in total. The number of anilines is 1. The first-order valence-electron chi connectivity index (χ1n) is 7.51. The minimum atomic E-state index is 0.316. The van der Waals surface area contributed by atoms with Crippen molar-refractivity contribution in [3.8, 4) is 5.75 Å². The molecule has 0 spiro atoms. The molecule has 3 rings (SSSR count). The Morgan fingerprint density at radius 3 is 2.82 bits per heavy atom. The van der Waals surface area contributed by atoms with Gasteiger partial charge >= 0.3 is 0 Å². The van der Waals surface area contributed by atoms with Gasteiger partial charge in [-0.1, -0.05) is 15.9 Å². The molecule has 1 aromatic heterocycles. The molecule has 5 heteroatoms. The lowest BCUT2D eigenvalue weighted by atomic mass is 10.1. The Balaban J connectivity index is 1.67. The second-order valence-corrected chi connectivity index (χ2v) is 6.39. The van der Waals surface area contributed by atoms with E-state index >= 15 is 0 Å². The zero-order valence-corrected chi connectivity index (χ0v) is 14.2. The molecule has 1 fully saturated rings. The van der Waals surface area contributed by atoms with Crippen molar-refractivity contribution in [2.24, 2.45) is 0 Å². The van der Waals surface area contributed by atoms with Crippen molar-refractivity contribution in [3.63, 3.8) is 0 Å². The first kappa shape index (κ1) is 15.3. The summed E-state index contributed by atoms with van der Waals surface area (Å²) in [6.07, 6.45) is 1.79. The van der Waals surface area contributed by atoms with Gasteiger partial charge in [-0.05, 0) is 43.3 Å². The number of aromatic nitrogens is 1. The minimum Gasteiger partial charge on any atom is -0.490 e. The van der Waals surface area contributed by atoms with Crippen molar-refractivity contribution in [2.75, 3.05) is 31.1 Å². The average Bonchev–Trinajstić information content (AvgIpc) is 2.55. The van der Waals surface area contributed by atoms with Crippen LogP contribution in [0.1, 0.15) is 5.69 Å². The minimum absolute atomic E-state index is 0.316. The Bertz CT molecular complexity index is 600. The van der Waals surface area contributed by atoms with Crippen LogP contribution in [-0.4, -0.2) is 37.3 Å². The molecule has 1 unspecified atom stereocenters. The molecule has 0 amide bonds. The second-order valence-electron chi connectivity index (χ2n) is 5.47. The Kier molecular flexibility index (Phi) is 4.95. The molecule has 2 heterocycles. The predicted molar refractivity (Wildman–Crippen MR) is 92.6 cm³/mol. The van der Waals surface area contributed by atoms with Gasteiger partial charge < -0.3 is 15.0 Å². The smallest absolute Gasteiger partial charge is 0.137 e. The highest BCUT2D eigenvalue weighted by atomic mass is 79.9. The third kappa shape index (κ3) is 3.78. The molecular weight excluding hydrogens is 342 g/mol. The molecule has 0 saturated carbocycles. The van der Waals surface area contributed by atoms with Crippen LogP contribution >= 0.6 is 15.9 Å². The van der Waals surface area contributed by atoms with Crippen molar-refractivity contribution in [1.29, 1.82) is 0 Å². The Hall–Kier alpha value is -1.59. The summed E-state index contributed by atoms with van der Waals surface area (Å²) < 4.78 is 7.02. The molecule has 4 nitrogen and oxygen atoms in total. The number of halogens is 1. The third-order valence-electron chi connectivity index (χ3n) is 3.84. The van der Waals surface area contributed by atoms with Gasteiger partial charge in [0.2, 0.25) is 0 Å². The predicted octanol–water partition coefficient (Wildman–Crippen LogP) is 3.01. The number of hydrogen-bond donors (Lipinski definition) is 1. The summed E-state index contributed by atoms with van der Waals surface area (Å²) in [7, 11) is 0. The summed E-state index contributed by atoms with van der Waals surface area (Å²) in [5.74, 6) is 0.826. The van der Waals surface area contributed by atoms with Crippen molar-refractivity contribution in [1.82, 2.24) is 10.3 Å². The standard InChI is InChI=1S/C17H20BrN3O/c1-13-2-7-17(11-20-13)22-12-16-10-19-8-9-21(16)15-5-3-14(18)4-6-15/h2-7,11,16,19H,8-10,12H2,1H3. The lowest BCUT2D eigenvalue weighted by molar-refractivity contribution is 0.266. The maximum atomic E-state index is 5.92. The molecule has 1 saturated heterocycles. The third-order valence-corrected chi connectivity index (χ3v) is 4.36. The van der Waals surface area contributed by atoms with Gasteiger partial charge in [0.05, 0.1) is 12.2 Å². The number of piperazine rings is 1. The fraction of sp³-hybridized carbons (Fsp3) is 0.353. The number of nitrogens with one attached hydrogen (secondary N) is 1. The van der Waals surface area contributed by atoms with Crippen LogP contribution in [0.4, 0.5) is 5.69 Å². The number of aryl methyl sites for hydroxylation is 1. The molecule has 0 radical (unpaired) electrons. The number of nitrogens with zero attached hydrogens (tertiary/aromatic N) is 2. The second kappa shape index (κ2) is 7.11. The SMILES string of the molecule is Cc1ccc(OCC2CNCCN2c2ccc(Br)cc2)cn1. The van der Waals surface area contributed by atoms with E-state index < -0.39 is 0 Å². The van der Waals surface area contributed by atoms with Crippen LogP contribution < -0.4 is 15.0 Å². The van der Waals surface area contributed by atoms with E-state index in [4.69, 9.17) is 4.74 Å². The summed E-state index contributed by atoms with van der Waals surface area (Å²) in [6, 6.07) is 12.7. The Labute approximate surface area is 139 Å². The zero-order chi connectivity index (χ0) is 15.4. The maximum absolute atomic E-state index is 5.92. The Morgan fingerprint density at radius 2 is 2.09 bits per heavy atom. The number of hydrogen-bond acceptors (Lipinski definition) is 4. The molecule has 22 heavy (non-hydrogen) atoms. The largest absolute Gasteiger partial charge is 0.490 e. The summed E-state index contributed by atoms with van der Waals surface area (Å²) in [5.41, 5.74) is 2.24. The zero-order valence-electron chi connectivity index (χ0n) is 12.6. The number of ether oxygens (including phenoxy) is 1. The molecule has 2 aromatic rings. The number of benzene rings is 1. The fourth-order valence-electron chi connectivity index (χ4n) is 2.61. The molecule has 116 valence electrons. The first-order valence-corrected chi connectivity index (χ1v) is 8.30. The van der Waals surface area contributed by atoms with Gasteiger partial charge in [0, 0.05) is 35.5 Å². The van der Waals surface area contributed by atoms with Crippen molar-refractivity contribution >= 4 is 21.6 Å². The highest BCUT2D eigenvalue weighted by Gasteiger charge is 2.23. The lowest BCUT2D eigenvalue weighted by Gasteiger charge is -2.37. The van der Waals surface area contributed by atoms with Crippen molar-refractivity contribution < 1.29 is 4.74 Å². The highest BCUT2D eigenvalue weighted by molar-refractivity contribution is 9.10. The van der Waals surface area contributed by atoms with E-state index in [0.717, 1.165) is 35.6 Å². The maximum Gasteiger partial charge on any atom is 0.137 e. The van der Waals surface area contributed by atoms with Crippen molar-refractivity contribution in [3.05, 3.63) is 52.8 Å². The molecular formula is C17H20BrN3O. The van der Waals surface area contributed by atoms with E-state index in [-0.39, 0.29) is 0 Å². The van der Waals surface area contributed by atoms with E-state index in [0.29, 0.717) is 12.6 Å². The van der Waals surface area contributed by atoms with E-state index in [1.807, 2.05) is 19.1 Å². The Morgan fingerprint density at radius 1 is 1.27 bits per heavy atom. The average molecular weight is 362 g/mol. The van der Waals surface area contributed by atoms with Gasteiger partial charge in [0.25, 0.3) is 0 Å². The fourth-order valence-corrected chi connectivity index (χ4v) is 2.88. The van der Waals surface area contributed by atoms with Crippen molar-refractivity contribution in [2.45, 2.75) is 13.0 Å². The van der Waals surface area contributed by atoms with Crippen LogP contribution in [0.25, 0.3) is 0 Å². The molecule has 0 aliphatic carbocycles. The number of rotatable bonds is 4. The molecule has 1 atom stereocenters. The summed E-state index contributed by atoms with van der Waals surface area (Å²) in [4.78, 5) is 6.68. The van der Waals surface area contributed by atoms with Crippen LogP contribution in [0, 0.1) is 6.92 Å². The van der Waals surface area contributed by atoms with E-state index in [9.17, 15) is 0 Å². The van der Waals surface area contributed by atoms with Crippen LogP contribution in [0.15, 0.2) is 47.1 Å². The highest BCUT2D eigenvalue weighted by Crippen LogP contribution is 2.22. The van der Waals surface area contributed by atoms with Gasteiger partial charge in [-0.15, -0.1) is 0 Å². The van der Waals surface area contributed by atoms with Gasteiger partial charge in [0.1, 0.15) is 12.4 Å². The molecule has 0 bridgehead atoms. The first-order chi connectivity index (χ1) is 10.7. The lowest BCUT2D eigenvalue weighted by Crippen LogP contribution is -2.54. The summed E-state index contributed by atoms with van der Waals surface area (Å²) in [6.45, 7) is 5.54. The summed E-state index contributed by atoms with van der Waals surface area (Å²) >= 11 is 3.49. The van der Waals surface area contributed by atoms with Gasteiger partial charge in [-0.25, -0.2) is 0 Å². The van der Waals surface area contributed by atoms with E-state index in [2.05, 4.69) is 55.4 Å². The molecule has 1 aliphatic heterocycles. The molecule has 1 aromatic carbocycles. The summed E-state index contributed by atoms with van der Waals surface area (Å²) in [5, 5.41) is 3.44. The van der Waals surface area contributed by atoms with E-state index in [1.165, 1.54) is 5.69 Å². The molecule has 1 aliphatic rings. The normalized spacial score (nSPS) is 18.3. The van der Waals surface area contributed by atoms with Gasteiger partial charge in [-0.3, -0.25) is 4.98 Å². The monoisotopic (exact) mass is 361 g/mol. The van der Waals surface area contributed by atoms with Gasteiger partial charge in [0.15, 0.2) is 0 Å².